The van der Waals surface area contributed by atoms with Gasteiger partial charge in [-0.15, -0.1) is 7.92 Å². The molecule has 0 N–H and O–H groups in total. The summed E-state index contributed by atoms with van der Waals surface area (Å²) < 4.78 is 10.7. The molecule has 0 heterocycles. The predicted octanol–water partition coefficient (Wildman–Crippen LogP) is 11.6. The Hall–Kier alpha value is -1.19. The van der Waals surface area contributed by atoms with Crippen molar-refractivity contribution in [1.29, 1.82) is 0 Å². The van der Waals surface area contributed by atoms with E-state index in [1.165, 1.54) is 128 Å². The Morgan fingerprint density at radius 2 is 0.891 bits per heavy atom. The predicted molar refractivity (Wildman–Crippen MR) is 202 cm³/mol. The first-order chi connectivity index (χ1) is 22.5. The number of nitrogens with zero attached hydrogens (tertiary/aromatic N) is 1. The van der Waals surface area contributed by atoms with Crippen LogP contribution in [0, 0.1) is 0 Å². The maximum atomic E-state index is 12.0. The van der Waals surface area contributed by atoms with Crippen LogP contribution in [0.15, 0.2) is 24.3 Å². The summed E-state index contributed by atoms with van der Waals surface area (Å²) in [6, 6.07) is 0. The van der Waals surface area contributed by atoms with Crippen molar-refractivity contribution in [3.05, 3.63) is 24.3 Å². The monoisotopic (exact) mass is 666 g/mol. The highest BCUT2D eigenvalue weighted by Crippen LogP contribution is 2.39. The van der Waals surface area contributed by atoms with Crippen molar-refractivity contribution in [3.8, 4) is 0 Å². The number of allylic oxidation sites excluding steroid dienone is 2. The second-order valence-corrected chi connectivity index (χ2v) is 16.1. The van der Waals surface area contributed by atoms with E-state index in [0.717, 1.165) is 38.5 Å². The summed E-state index contributed by atoms with van der Waals surface area (Å²) in [5.41, 5.74) is 0. The molecule has 0 saturated heterocycles. The van der Waals surface area contributed by atoms with E-state index in [9.17, 15) is 9.59 Å². The number of ether oxygens (including phenoxy) is 2. The molecule has 46 heavy (non-hydrogen) atoms. The normalized spacial score (nSPS) is 12.5. The topological polar surface area (TPSA) is 55.8 Å². The molecule has 0 bridgehead atoms. The quantitative estimate of drug-likeness (QED) is 0.0292. The van der Waals surface area contributed by atoms with Gasteiger partial charge in [-0.2, -0.15) is 0 Å². The van der Waals surface area contributed by atoms with Crippen LogP contribution in [0.2, 0.25) is 0 Å². The fourth-order valence-corrected chi connectivity index (χ4v) is 8.23. The van der Waals surface area contributed by atoms with Crippen LogP contribution < -0.4 is 0 Å². The molecule has 0 rings (SSSR count). The molecule has 0 amide bonds. The third kappa shape index (κ3) is 35.7. The number of unbranched alkanes of at least 4 members (excludes halogenated alkanes) is 17. The summed E-state index contributed by atoms with van der Waals surface area (Å²) in [4.78, 5) is 26.3. The number of carbonyl (C=O) groups excluding carboxylic acids is 2. The third-order valence-corrected chi connectivity index (χ3v) is 11.3. The van der Waals surface area contributed by atoms with Gasteiger partial charge in [0.25, 0.3) is 0 Å². The molecule has 270 valence electrons. The minimum Gasteiger partial charge on any atom is -0.461 e. The highest BCUT2D eigenvalue weighted by Gasteiger charge is 2.09. The number of esters is 2. The van der Waals surface area contributed by atoms with Gasteiger partial charge in [0.1, 0.15) is 13.2 Å². The van der Waals surface area contributed by atoms with E-state index in [4.69, 9.17) is 9.47 Å². The van der Waals surface area contributed by atoms with Crippen LogP contribution in [-0.4, -0.2) is 69.2 Å². The van der Waals surface area contributed by atoms with Crippen LogP contribution in [0.1, 0.15) is 168 Å². The molecule has 0 radical (unpaired) electrons. The van der Waals surface area contributed by atoms with Gasteiger partial charge in [0.15, 0.2) is 0 Å². The largest absolute Gasteiger partial charge is 0.461 e. The molecule has 0 spiro atoms. The molecule has 0 aliphatic carbocycles. The summed E-state index contributed by atoms with van der Waals surface area (Å²) in [5.74, 6) is -0.0962. The van der Waals surface area contributed by atoms with Crippen LogP contribution in [0.5, 0.6) is 0 Å². The summed E-state index contributed by atoms with van der Waals surface area (Å²) in [6.07, 6.45) is 40.5. The van der Waals surface area contributed by atoms with Crippen LogP contribution in [0.4, 0.5) is 0 Å². The molecule has 0 aromatic carbocycles. The minimum atomic E-state index is -0.0481. The Labute approximate surface area is 287 Å². The molecule has 5 nitrogen and oxygen atoms in total. The van der Waals surface area contributed by atoms with Crippen molar-refractivity contribution < 1.29 is 19.1 Å². The lowest BCUT2D eigenvalue weighted by atomic mass is 10.1. The molecule has 0 fully saturated rings. The fraction of sp³-hybridized carbons (Fsp3) is 0.850. The first kappa shape index (κ1) is 44.8. The summed E-state index contributed by atoms with van der Waals surface area (Å²) in [5, 5.41) is 0. The van der Waals surface area contributed by atoms with E-state index in [2.05, 4.69) is 45.0 Å². The van der Waals surface area contributed by atoms with E-state index in [-0.39, 0.29) is 19.9 Å². The smallest absolute Gasteiger partial charge is 0.306 e. The van der Waals surface area contributed by atoms with Gasteiger partial charge in [0.05, 0.1) is 0 Å². The molecular formula is C40H76NO4P. The van der Waals surface area contributed by atoms with Gasteiger partial charge in [-0.05, 0) is 103 Å². The van der Waals surface area contributed by atoms with Gasteiger partial charge in [0, 0.05) is 12.8 Å². The van der Waals surface area contributed by atoms with E-state index < -0.39 is 0 Å². The van der Waals surface area contributed by atoms with Gasteiger partial charge in [-0.3, -0.25) is 9.59 Å². The number of hydrogen-bond donors (Lipinski definition) is 0. The number of carbonyl (C=O) groups is 2. The molecule has 0 aromatic heterocycles. The molecule has 0 unspecified atom stereocenters. The summed E-state index contributed by atoms with van der Waals surface area (Å²) >= 11 is 0. The first-order valence-electron chi connectivity index (χ1n) is 19.5. The molecule has 6 heteroatoms. The van der Waals surface area contributed by atoms with Crippen molar-refractivity contribution >= 4 is 19.9 Å². The Bertz CT molecular complexity index is 672. The van der Waals surface area contributed by atoms with Crippen LogP contribution in [0.25, 0.3) is 0 Å². The molecule has 0 aromatic rings. The summed E-state index contributed by atoms with van der Waals surface area (Å²) in [7, 11) is 4.47. The molecule has 0 aliphatic rings. The minimum absolute atomic E-state index is 0.0481. The number of rotatable bonds is 35. The van der Waals surface area contributed by atoms with Gasteiger partial charge in [0.2, 0.25) is 0 Å². The van der Waals surface area contributed by atoms with Crippen molar-refractivity contribution in [2.45, 2.75) is 168 Å². The highest BCUT2D eigenvalue weighted by molar-refractivity contribution is 7.57. The van der Waals surface area contributed by atoms with Crippen molar-refractivity contribution in [2.24, 2.45) is 0 Å². The fourth-order valence-electron chi connectivity index (χ4n) is 5.55. The Balaban J connectivity index is 3.93. The summed E-state index contributed by atoms with van der Waals surface area (Å²) in [6.45, 7) is 6.51. The zero-order valence-corrected chi connectivity index (χ0v) is 31.9. The maximum absolute atomic E-state index is 12.0. The van der Waals surface area contributed by atoms with Crippen LogP contribution >= 0.6 is 7.92 Å². The van der Waals surface area contributed by atoms with Gasteiger partial charge in [-0.1, -0.05) is 115 Å². The van der Waals surface area contributed by atoms with Crippen molar-refractivity contribution in [3.63, 3.8) is 0 Å². The lowest BCUT2D eigenvalue weighted by Gasteiger charge is -2.18. The maximum Gasteiger partial charge on any atom is 0.306 e. The number of hydrogen-bond acceptors (Lipinski definition) is 5. The molecule has 0 aliphatic heterocycles. The van der Waals surface area contributed by atoms with E-state index >= 15 is 0 Å². The zero-order chi connectivity index (χ0) is 33.8. The van der Waals surface area contributed by atoms with Gasteiger partial charge < -0.3 is 14.4 Å². The highest BCUT2D eigenvalue weighted by atomic mass is 31.1. The Morgan fingerprint density at radius 3 is 1.33 bits per heavy atom. The standard InChI is InChI=1S/C40H76NO4P/c1-5-7-9-11-13-19-26-34-44-39(42)31-23-17-15-21-28-36-46(38-30-25-33-41(3)4)37-29-22-16-18-24-32-40(43)45-35-27-20-14-12-10-8-6-2/h19-20,26-27H,5-18,21-25,28-38H2,1-4H3. The first-order valence-corrected chi connectivity index (χ1v) is 21.4. The lowest BCUT2D eigenvalue weighted by Crippen LogP contribution is -2.13. The van der Waals surface area contributed by atoms with Crippen molar-refractivity contribution in [2.75, 3.05) is 52.3 Å². The van der Waals surface area contributed by atoms with E-state index in [0.29, 0.717) is 26.1 Å². The average Bonchev–Trinajstić information content (AvgIpc) is 3.04. The third-order valence-electron chi connectivity index (χ3n) is 8.50. The Morgan fingerprint density at radius 1 is 0.500 bits per heavy atom. The second-order valence-electron chi connectivity index (χ2n) is 13.4. The van der Waals surface area contributed by atoms with E-state index in [1.54, 1.807) is 0 Å². The second kappa shape index (κ2) is 36.6. The zero-order valence-electron chi connectivity index (χ0n) is 31.1. The van der Waals surface area contributed by atoms with Gasteiger partial charge in [-0.25, -0.2) is 0 Å². The molecular weight excluding hydrogens is 589 g/mol. The van der Waals surface area contributed by atoms with Crippen LogP contribution in [0.3, 0.4) is 0 Å². The van der Waals surface area contributed by atoms with E-state index in [1.807, 2.05) is 12.2 Å². The SMILES string of the molecule is CCCCCCC=CCOC(=O)CCCCCCCP(CCCCCCCC(=O)OCC=CCCCCCC)CCCCN(C)C. The molecule has 0 saturated carbocycles. The average molecular weight is 666 g/mol. The Kier molecular flexibility index (Phi) is 35.7. The van der Waals surface area contributed by atoms with Crippen LogP contribution in [-0.2, 0) is 19.1 Å². The van der Waals surface area contributed by atoms with Gasteiger partial charge >= 0.3 is 11.9 Å². The van der Waals surface area contributed by atoms with Crippen molar-refractivity contribution in [1.82, 2.24) is 4.90 Å². The molecule has 0 atom stereocenters. The lowest BCUT2D eigenvalue weighted by molar-refractivity contribution is -0.143.